The molecule has 1 N–H and O–H groups in total. The van der Waals surface area contributed by atoms with E-state index in [1.165, 1.54) is 0 Å². The van der Waals surface area contributed by atoms with Gasteiger partial charge in [0.25, 0.3) is 0 Å². The molecule has 0 aliphatic heterocycles. The smallest absolute Gasteiger partial charge is 0.381 e. The van der Waals surface area contributed by atoms with Crippen molar-refractivity contribution in [3.05, 3.63) is 47.3 Å². The molecule has 1 unspecified atom stereocenters. The zero-order chi connectivity index (χ0) is 16.0. The molecule has 0 radical (unpaired) electrons. The maximum atomic E-state index is 12.2. The van der Waals surface area contributed by atoms with E-state index in [0.29, 0.717) is 12.0 Å². The Kier molecular flexibility index (Phi) is 5.77. The maximum absolute atomic E-state index is 12.2. The van der Waals surface area contributed by atoms with Gasteiger partial charge in [-0.25, -0.2) is 4.57 Å². The largest absolute Gasteiger partial charge is 0.422 e. The van der Waals surface area contributed by atoms with Crippen LogP contribution in [0, 0.1) is 0 Å². The summed E-state index contributed by atoms with van der Waals surface area (Å²) in [6.45, 7) is 1.87. The molecule has 0 fully saturated rings. The zero-order valence-electron chi connectivity index (χ0n) is 12.1. The SMILES string of the molecule is CCCC(=O)Oc1ccsc1OP(=O)(O)Cc1ccccc1. The molecule has 2 rings (SSSR count). The normalized spacial score (nSPS) is 13.4. The highest BCUT2D eigenvalue weighted by molar-refractivity contribution is 7.52. The van der Waals surface area contributed by atoms with Gasteiger partial charge in [-0.05, 0) is 23.4 Å². The fourth-order valence-corrected chi connectivity index (χ4v) is 3.93. The minimum Gasteiger partial charge on any atom is -0.422 e. The third-order valence-corrected chi connectivity index (χ3v) is 4.85. The number of carbonyl (C=O) groups excluding carboxylic acids is 1. The summed E-state index contributed by atoms with van der Waals surface area (Å²) in [5.74, 6) is -0.202. The number of rotatable bonds is 7. The molecule has 0 aliphatic carbocycles. The van der Waals surface area contributed by atoms with Crippen LogP contribution >= 0.6 is 18.9 Å². The number of hydrogen-bond acceptors (Lipinski definition) is 5. The van der Waals surface area contributed by atoms with E-state index >= 15 is 0 Å². The summed E-state index contributed by atoms with van der Waals surface area (Å²) >= 11 is 1.12. The van der Waals surface area contributed by atoms with Crippen LogP contribution in [0.4, 0.5) is 0 Å². The van der Waals surface area contributed by atoms with Crippen LogP contribution in [0.2, 0.25) is 0 Å². The van der Waals surface area contributed by atoms with Gasteiger partial charge in [0.1, 0.15) is 0 Å². The van der Waals surface area contributed by atoms with Crippen molar-refractivity contribution in [1.29, 1.82) is 0 Å². The first-order valence-corrected chi connectivity index (χ1v) is 9.48. The molecule has 5 nitrogen and oxygen atoms in total. The van der Waals surface area contributed by atoms with Gasteiger partial charge in [-0.3, -0.25) is 4.79 Å². The second kappa shape index (κ2) is 7.58. The van der Waals surface area contributed by atoms with Gasteiger partial charge in [0, 0.05) is 6.42 Å². The molecule has 1 aromatic carbocycles. The fraction of sp³-hybridized carbons (Fsp3) is 0.267. The molecule has 118 valence electrons. The lowest BCUT2D eigenvalue weighted by atomic mass is 10.2. The lowest BCUT2D eigenvalue weighted by Crippen LogP contribution is -2.07. The van der Waals surface area contributed by atoms with Crippen molar-refractivity contribution in [3.63, 3.8) is 0 Å². The van der Waals surface area contributed by atoms with Crippen LogP contribution < -0.4 is 9.26 Å². The van der Waals surface area contributed by atoms with Crippen LogP contribution in [-0.4, -0.2) is 10.9 Å². The van der Waals surface area contributed by atoms with Gasteiger partial charge < -0.3 is 14.2 Å². The summed E-state index contributed by atoms with van der Waals surface area (Å²) in [5.41, 5.74) is 0.703. The Hall–Kier alpha value is -1.62. The topological polar surface area (TPSA) is 72.8 Å². The Morgan fingerprint density at radius 3 is 2.68 bits per heavy atom. The first-order valence-electron chi connectivity index (χ1n) is 6.83. The fourth-order valence-electron chi connectivity index (χ4n) is 1.78. The number of hydrogen-bond donors (Lipinski definition) is 1. The second-order valence-corrected chi connectivity index (χ2v) is 7.32. The van der Waals surface area contributed by atoms with Gasteiger partial charge in [-0.2, -0.15) is 0 Å². The third kappa shape index (κ3) is 4.98. The molecule has 0 saturated carbocycles. The predicted molar refractivity (Wildman–Crippen MR) is 85.5 cm³/mol. The van der Waals surface area contributed by atoms with Crippen molar-refractivity contribution in [3.8, 4) is 10.8 Å². The van der Waals surface area contributed by atoms with Gasteiger partial charge in [-0.15, -0.1) is 11.3 Å². The van der Waals surface area contributed by atoms with Crippen molar-refractivity contribution in [2.24, 2.45) is 0 Å². The van der Waals surface area contributed by atoms with Crippen LogP contribution in [-0.2, 0) is 15.5 Å². The highest BCUT2D eigenvalue weighted by Gasteiger charge is 2.25. The summed E-state index contributed by atoms with van der Waals surface area (Å²) in [4.78, 5) is 21.5. The molecule has 0 amide bonds. The first kappa shape index (κ1) is 16.7. The van der Waals surface area contributed by atoms with E-state index in [1.54, 1.807) is 35.7 Å². The predicted octanol–water partition coefficient (Wildman–Crippen LogP) is 4.22. The van der Waals surface area contributed by atoms with Gasteiger partial charge in [0.15, 0.2) is 5.75 Å². The van der Waals surface area contributed by atoms with Gasteiger partial charge in [0.05, 0.1) is 6.16 Å². The van der Waals surface area contributed by atoms with Gasteiger partial charge in [-0.1, -0.05) is 37.3 Å². The lowest BCUT2D eigenvalue weighted by Gasteiger charge is -2.13. The van der Waals surface area contributed by atoms with E-state index < -0.39 is 7.60 Å². The van der Waals surface area contributed by atoms with Crippen LogP contribution in [0.3, 0.4) is 0 Å². The standard InChI is InChI=1S/C15H17O5PS/c1-2-6-14(16)19-13-9-10-22-15(13)20-21(17,18)11-12-7-4-3-5-8-12/h3-5,7-10H,2,6,11H2,1H3,(H,17,18). The molecule has 7 heteroatoms. The molecule has 0 saturated heterocycles. The Balaban J connectivity index is 2.05. The summed E-state index contributed by atoms with van der Waals surface area (Å²) in [7, 11) is -3.87. The average molecular weight is 340 g/mol. The summed E-state index contributed by atoms with van der Waals surface area (Å²) in [6.07, 6.45) is 0.857. The van der Waals surface area contributed by atoms with Crippen LogP contribution in [0.5, 0.6) is 10.8 Å². The van der Waals surface area contributed by atoms with E-state index in [1.807, 2.05) is 13.0 Å². The molecule has 1 heterocycles. The molecule has 22 heavy (non-hydrogen) atoms. The van der Waals surface area contributed by atoms with Crippen LogP contribution in [0.15, 0.2) is 41.8 Å². The van der Waals surface area contributed by atoms with Crippen LogP contribution in [0.25, 0.3) is 0 Å². The maximum Gasteiger partial charge on any atom is 0.381 e. The summed E-state index contributed by atoms with van der Waals surface area (Å²) in [5, 5.41) is 1.79. The monoisotopic (exact) mass is 340 g/mol. The van der Waals surface area contributed by atoms with E-state index in [4.69, 9.17) is 9.26 Å². The van der Waals surface area contributed by atoms with E-state index in [-0.39, 0.29) is 29.4 Å². The average Bonchev–Trinajstić information content (AvgIpc) is 2.86. The zero-order valence-corrected chi connectivity index (χ0v) is 13.8. The third-order valence-electron chi connectivity index (χ3n) is 2.72. The summed E-state index contributed by atoms with van der Waals surface area (Å²) in [6, 6.07) is 10.5. The number of esters is 1. The highest BCUT2D eigenvalue weighted by Crippen LogP contribution is 2.50. The number of thiophene rings is 1. The molecular weight excluding hydrogens is 323 g/mol. The van der Waals surface area contributed by atoms with E-state index in [9.17, 15) is 14.3 Å². The van der Waals surface area contributed by atoms with Crippen LogP contribution in [0.1, 0.15) is 25.3 Å². The Labute approximate surface area is 133 Å². The minimum absolute atomic E-state index is 0.103. The molecule has 0 spiro atoms. The molecule has 2 aromatic rings. The number of carbonyl (C=O) groups is 1. The Morgan fingerprint density at radius 1 is 1.27 bits per heavy atom. The number of benzene rings is 1. The first-order chi connectivity index (χ1) is 10.5. The van der Waals surface area contributed by atoms with Crippen molar-refractivity contribution >= 4 is 24.9 Å². The highest BCUT2D eigenvalue weighted by atomic mass is 32.1. The Bertz CT molecular complexity index is 668. The lowest BCUT2D eigenvalue weighted by molar-refractivity contribution is -0.134. The molecule has 1 atom stereocenters. The van der Waals surface area contributed by atoms with Gasteiger partial charge in [0.2, 0.25) is 5.06 Å². The Morgan fingerprint density at radius 2 is 2.00 bits per heavy atom. The number of ether oxygens (including phenoxy) is 1. The second-order valence-electron chi connectivity index (χ2n) is 4.67. The van der Waals surface area contributed by atoms with Crippen molar-refractivity contribution in [1.82, 2.24) is 0 Å². The van der Waals surface area contributed by atoms with Gasteiger partial charge >= 0.3 is 13.6 Å². The van der Waals surface area contributed by atoms with Crippen molar-refractivity contribution in [2.75, 3.05) is 0 Å². The van der Waals surface area contributed by atoms with E-state index in [0.717, 1.165) is 11.3 Å². The molecule has 0 aliphatic rings. The summed E-state index contributed by atoms with van der Waals surface area (Å²) < 4.78 is 22.6. The molecular formula is C15H17O5PS. The van der Waals surface area contributed by atoms with E-state index in [2.05, 4.69) is 0 Å². The quantitative estimate of drug-likeness (QED) is 0.603. The molecule has 1 aromatic heterocycles. The van der Waals surface area contributed by atoms with Crippen molar-refractivity contribution < 1.29 is 23.5 Å². The van der Waals surface area contributed by atoms with Crippen molar-refractivity contribution in [2.45, 2.75) is 25.9 Å². The molecule has 0 bridgehead atoms. The minimum atomic E-state index is -3.87.